The number of benzene rings is 1. The van der Waals surface area contributed by atoms with Crippen LogP contribution in [0.2, 0.25) is 0 Å². The van der Waals surface area contributed by atoms with Gasteiger partial charge in [-0.05, 0) is 31.0 Å². The lowest BCUT2D eigenvalue weighted by Crippen LogP contribution is -2.18. The van der Waals surface area contributed by atoms with Crippen LogP contribution in [0, 0.1) is 0 Å². The normalized spacial score (nSPS) is 16.4. The Kier molecular flexibility index (Phi) is 3.17. The summed E-state index contributed by atoms with van der Waals surface area (Å²) in [6.45, 7) is 1.65. The van der Waals surface area contributed by atoms with Crippen LogP contribution < -0.4 is 9.64 Å². The Hall–Kier alpha value is -1.39. The van der Waals surface area contributed by atoms with Crippen LogP contribution in [0.4, 0.5) is 18.9 Å². The van der Waals surface area contributed by atoms with Gasteiger partial charge in [0.25, 0.3) is 0 Å². The van der Waals surface area contributed by atoms with E-state index in [1.54, 1.807) is 6.07 Å². The third kappa shape index (κ3) is 2.48. The predicted octanol–water partition coefficient (Wildman–Crippen LogP) is 3.31. The Bertz CT molecular complexity index is 397. The molecule has 1 aromatic carbocycles. The molecule has 0 saturated carbocycles. The number of methoxy groups -OCH3 is 1. The van der Waals surface area contributed by atoms with Crippen molar-refractivity contribution >= 4 is 5.69 Å². The summed E-state index contributed by atoms with van der Waals surface area (Å²) in [6.07, 6.45) is -2.30. The molecule has 1 fully saturated rings. The van der Waals surface area contributed by atoms with Gasteiger partial charge in [0, 0.05) is 18.8 Å². The Labute approximate surface area is 98.0 Å². The second-order valence-electron chi connectivity index (χ2n) is 4.08. The molecule has 0 atom stereocenters. The van der Waals surface area contributed by atoms with E-state index in [1.807, 2.05) is 4.90 Å². The van der Waals surface area contributed by atoms with Crippen molar-refractivity contribution in [1.29, 1.82) is 0 Å². The molecule has 0 radical (unpaired) electrons. The van der Waals surface area contributed by atoms with Crippen LogP contribution in [0.15, 0.2) is 18.2 Å². The van der Waals surface area contributed by atoms with Crippen molar-refractivity contribution in [1.82, 2.24) is 0 Å². The van der Waals surface area contributed by atoms with Gasteiger partial charge in [0.1, 0.15) is 5.75 Å². The monoisotopic (exact) mass is 245 g/mol. The SMILES string of the molecule is COc1ccc(N2CCCC2)cc1C(F)(F)F. The van der Waals surface area contributed by atoms with Crippen molar-refractivity contribution in [3.8, 4) is 5.75 Å². The van der Waals surface area contributed by atoms with Gasteiger partial charge in [0.05, 0.1) is 12.7 Å². The fourth-order valence-electron chi connectivity index (χ4n) is 2.09. The van der Waals surface area contributed by atoms with Crippen molar-refractivity contribution < 1.29 is 17.9 Å². The van der Waals surface area contributed by atoms with E-state index in [0.29, 0.717) is 5.69 Å². The van der Waals surface area contributed by atoms with Gasteiger partial charge in [0.15, 0.2) is 0 Å². The van der Waals surface area contributed by atoms with E-state index < -0.39 is 11.7 Å². The van der Waals surface area contributed by atoms with Crippen LogP contribution in [-0.4, -0.2) is 20.2 Å². The summed E-state index contributed by atoms with van der Waals surface area (Å²) in [5, 5.41) is 0. The number of ether oxygens (including phenoxy) is 1. The van der Waals surface area contributed by atoms with Crippen molar-refractivity contribution in [3.05, 3.63) is 23.8 Å². The van der Waals surface area contributed by atoms with Crippen LogP contribution in [0.3, 0.4) is 0 Å². The molecule has 2 nitrogen and oxygen atoms in total. The van der Waals surface area contributed by atoms with Crippen molar-refractivity contribution in [2.24, 2.45) is 0 Å². The maximum absolute atomic E-state index is 12.8. The highest BCUT2D eigenvalue weighted by Crippen LogP contribution is 2.38. The first-order valence-corrected chi connectivity index (χ1v) is 5.52. The number of nitrogens with zero attached hydrogens (tertiary/aromatic N) is 1. The molecule has 0 bridgehead atoms. The Balaban J connectivity index is 2.37. The standard InChI is InChI=1S/C12H14F3NO/c1-17-11-5-4-9(16-6-2-3-7-16)8-10(11)12(13,14)15/h4-5,8H,2-3,6-7H2,1H3. The van der Waals surface area contributed by atoms with Crippen LogP contribution in [0.5, 0.6) is 5.75 Å². The maximum atomic E-state index is 12.8. The topological polar surface area (TPSA) is 12.5 Å². The Morgan fingerprint density at radius 3 is 2.35 bits per heavy atom. The fourth-order valence-corrected chi connectivity index (χ4v) is 2.09. The van der Waals surface area contributed by atoms with E-state index in [9.17, 15) is 13.2 Å². The lowest BCUT2D eigenvalue weighted by molar-refractivity contribution is -0.138. The number of hydrogen-bond acceptors (Lipinski definition) is 2. The van der Waals surface area contributed by atoms with Crippen LogP contribution >= 0.6 is 0 Å². The molecule has 1 aromatic rings. The molecule has 1 aliphatic rings. The second-order valence-corrected chi connectivity index (χ2v) is 4.08. The summed E-state index contributed by atoms with van der Waals surface area (Å²) in [6, 6.07) is 4.24. The molecule has 0 amide bonds. The predicted molar refractivity (Wildman–Crippen MR) is 59.4 cm³/mol. The Morgan fingerprint density at radius 2 is 1.82 bits per heavy atom. The molecule has 1 aliphatic heterocycles. The molecule has 5 heteroatoms. The van der Waals surface area contributed by atoms with Crippen molar-refractivity contribution in [2.45, 2.75) is 19.0 Å². The summed E-state index contributed by atoms with van der Waals surface area (Å²) >= 11 is 0. The van der Waals surface area contributed by atoms with Crippen molar-refractivity contribution in [2.75, 3.05) is 25.1 Å². The molecule has 0 spiro atoms. The van der Waals surface area contributed by atoms with Gasteiger partial charge in [-0.15, -0.1) is 0 Å². The first-order chi connectivity index (χ1) is 8.02. The van der Waals surface area contributed by atoms with Gasteiger partial charge < -0.3 is 9.64 Å². The summed E-state index contributed by atoms with van der Waals surface area (Å²) in [5.74, 6) is -0.125. The summed E-state index contributed by atoms with van der Waals surface area (Å²) in [7, 11) is 1.25. The van der Waals surface area contributed by atoms with Crippen LogP contribution in [-0.2, 0) is 6.18 Å². The van der Waals surface area contributed by atoms with E-state index in [0.717, 1.165) is 25.9 Å². The maximum Gasteiger partial charge on any atom is 0.420 e. The molecular weight excluding hydrogens is 231 g/mol. The minimum absolute atomic E-state index is 0.125. The largest absolute Gasteiger partial charge is 0.496 e. The summed E-state index contributed by atoms with van der Waals surface area (Å²) < 4.78 is 43.2. The molecule has 0 unspecified atom stereocenters. The van der Waals surface area contributed by atoms with Gasteiger partial charge in [-0.2, -0.15) is 13.2 Å². The highest BCUT2D eigenvalue weighted by molar-refractivity contribution is 5.54. The Morgan fingerprint density at radius 1 is 1.18 bits per heavy atom. The molecular formula is C12H14F3NO. The minimum atomic E-state index is -4.37. The molecule has 17 heavy (non-hydrogen) atoms. The number of anilines is 1. The quantitative estimate of drug-likeness (QED) is 0.792. The van der Waals surface area contributed by atoms with Crippen LogP contribution in [0.25, 0.3) is 0 Å². The third-order valence-corrected chi connectivity index (χ3v) is 2.96. The molecule has 2 rings (SSSR count). The summed E-state index contributed by atoms with van der Waals surface area (Å²) in [5.41, 5.74) is -0.0833. The van der Waals surface area contributed by atoms with Gasteiger partial charge in [-0.25, -0.2) is 0 Å². The molecule has 0 aliphatic carbocycles. The first kappa shape index (κ1) is 12.1. The molecule has 0 N–H and O–H groups in total. The molecule has 0 aromatic heterocycles. The van der Waals surface area contributed by atoms with Crippen LogP contribution in [0.1, 0.15) is 18.4 Å². The van der Waals surface area contributed by atoms with Crippen molar-refractivity contribution in [3.63, 3.8) is 0 Å². The first-order valence-electron chi connectivity index (χ1n) is 5.52. The second kappa shape index (κ2) is 4.47. The smallest absolute Gasteiger partial charge is 0.420 e. The number of alkyl halides is 3. The molecule has 94 valence electrons. The van der Waals surface area contributed by atoms with E-state index in [2.05, 4.69) is 0 Å². The van der Waals surface area contributed by atoms with Gasteiger partial charge in [-0.1, -0.05) is 0 Å². The number of hydrogen-bond donors (Lipinski definition) is 0. The third-order valence-electron chi connectivity index (χ3n) is 2.96. The summed E-state index contributed by atoms with van der Waals surface area (Å²) in [4.78, 5) is 1.97. The van der Waals surface area contributed by atoms with E-state index in [-0.39, 0.29) is 5.75 Å². The zero-order valence-corrected chi connectivity index (χ0v) is 9.55. The average molecular weight is 245 g/mol. The fraction of sp³-hybridized carbons (Fsp3) is 0.500. The molecule has 1 heterocycles. The minimum Gasteiger partial charge on any atom is -0.496 e. The van der Waals surface area contributed by atoms with E-state index >= 15 is 0 Å². The van der Waals surface area contributed by atoms with Gasteiger partial charge >= 0.3 is 6.18 Å². The molecule has 1 saturated heterocycles. The number of rotatable bonds is 2. The van der Waals surface area contributed by atoms with Gasteiger partial charge in [0.2, 0.25) is 0 Å². The highest BCUT2D eigenvalue weighted by Gasteiger charge is 2.35. The highest BCUT2D eigenvalue weighted by atomic mass is 19.4. The van der Waals surface area contributed by atoms with Gasteiger partial charge in [-0.3, -0.25) is 0 Å². The lowest BCUT2D eigenvalue weighted by atomic mass is 10.1. The zero-order valence-electron chi connectivity index (χ0n) is 9.55. The van der Waals surface area contributed by atoms with E-state index in [1.165, 1.54) is 19.2 Å². The van der Waals surface area contributed by atoms with E-state index in [4.69, 9.17) is 4.74 Å². The lowest BCUT2D eigenvalue weighted by Gasteiger charge is -2.20. The number of halogens is 3. The zero-order chi connectivity index (χ0) is 12.5. The average Bonchev–Trinajstić information content (AvgIpc) is 2.80.